The Hall–Kier alpha value is -1.27. The van der Waals surface area contributed by atoms with Gasteiger partial charge in [0.2, 0.25) is 0 Å². The van der Waals surface area contributed by atoms with Gasteiger partial charge in [0, 0.05) is 11.6 Å². The number of halogens is 3. The highest BCUT2D eigenvalue weighted by atomic mass is 19.3. The van der Waals surface area contributed by atoms with Crippen LogP contribution >= 0.6 is 0 Å². The Morgan fingerprint density at radius 1 is 1.33 bits per heavy atom. The number of hydrogen-bond donors (Lipinski definition) is 2. The van der Waals surface area contributed by atoms with Crippen molar-refractivity contribution in [3.8, 4) is 5.75 Å². The number of benzene rings is 1. The van der Waals surface area contributed by atoms with Crippen molar-refractivity contribution in [2.75, 3.05) is 6.61 Å². The summed E-state index contributed by atoms with van der Waals surface area (Å²) >= 11 is 0. The molecular weight excluding hydrogens is 213 g/mol. The van der Waals surface area contributed by atoms with E-state index in [-0.39, 0.29) is 11.3 Å². The molecule has 0 bridgehead atoms. The molecule has 0 aliphatic carbocycles. The third-order valence-electron chi connectivity index (χ3n) is 1.73. The maximum Gasteiger partial charge on any atom is 0.387 e. The summed E-state index contributed by atoms with van der Waals surface area (Å²) in [4.78, 5) is 0. The zero-order valence-electron chi connectivity index (χ0n) is 7.53. The lowest BCUT2D eigenvalue weighted by Gasteiger charge is -2.10. The predicted molar refractivity (Wildman–Crippen MR) is 45.1 cm³/mol. The summed E-state index contributed by atoms with van der Waals surface area (Å²) in [5, 5.41) is 17.7. The maximum absolute atomic E-state index is 13.1. The molecule has 15 heavy (non-hydrogen) atoms. The van der Waals surface area contributed by atoms with Crippen molar-refractivity contribution < 1.29 is 28.1 Å². The highest BCUT2D eigenvalue weighted by Crippen LogP contribution is 2.22. The third-order valence-corrected chi connectivity index (χ3v) is 1.73. The number of aliphatic hydroxyl groups is 2. The Bertz CT molecular complexity index is 330. The number of rotatable bonds is 4. The summed E-state index contributed by atoms with van der Waals surface area (Å²) in [6.45, 7) is -3.68. The fraction of sp³-hybridized carbons (Fsp3) is 0.333. The molecule has 1 aromatic rings. The molecule has 6 heteroatoms. The topological polar surface area (TPSA) is 49.7 Å². The second-order valence-corrected chi connectivity index (χ2v) is 2.76. The van der Waals surface area contributed by atoms with E-state index in [4.69, 9.17) is 10.2 Å². The molecule has 1 rings (SSSR count). The van der Waals surface area contributed by atoms with E-state index in [2.05, 4.69) is 4.74 Å². The quantitative estimate of drug-likeness (QED) is 0.810. The Morgan fingerprint density at radius 3 is 2.47 bits per heavy atom. The fourth-order valence-corrected chi connectivity index (χ4v) is 1.05. The van der Waals surface area contributed by atoms with E-state index in [1.54, 1.807) is 0 Å². The van der Waals surface area contributed by atoms with Crippen LogP contribution in [0, 0.1) is 5.82 Å². The van der Waals surface area contributed by atoms with Gasteiger partial charge in [0.25, 0.3) is 0 Å². The van der Waals surface area contributed by atoms with Gasteiger partial charge in [-0.25, -0.2) is 4.39 Å². The van der Waals surface area contributed by atoms with Crippen LogP contribution in [0.3, 0.4) is 0 Å². The lowest BCUT2D eigenvalue weighted by atomic mass is 10.1. The lowest BCUT2D eigenvalue weighted by molar-refractivity contribution is -0.0500. The van der Waals surface area contributed by atoms with Gasteiger partial charge < -0.3 is 14.9 Å². The minimum Gasteiger partial charge on any atom is -0.435 e. The third kappa shape index (κ3) is 3.10. The smallest absolute Gasteiger partial charge is 0.387 e. The molecule has 0 aliphatic heterocycles. The largest absolute Gasteiger partial charge is 0.435 e. The molecule has 0 aliphatic rings. The van der Waals surface area contributed by atoms with Crippen LogP contribution in [0.4, 0.5) is 13.2 Å². The molecule has 0 radical (unpaired) electrons. The summed E-state index contributed by atoms with van der Waals surface area (Å²) in [6, 6.07) is 2.89. The molecule has 2 N–H and O–H groups in total. The molecule has 1 unspecified atom stereocenters. The molecule has 1 atom stereocenters. The van der Waals surface area contributed by atoms with Crippen molar-refractivity contribution in [2.24, 2.45) is 0 Å². The van der Waals surface area contributed by atoms with E-state index in [0.717, 1.165) is 18.2 Å². The minimum atomic E-state index is -3.03. The first kappa shape index (κ1) is 11.8. The van der Waals surface area contributed by atoms with Gasteiger partial charge in [0.05, 0.1) is 6.61 Å². The number of alkyl halides is 2. The van der Waals surface area contributed by atoms with Gasteiger partial charge in [-0.2, -0.15) is 8.78 Å². The Balaban J connectivity index is 2.88. The molecule has 0 amide bonds. The van der Waals surface area contributed by atoms with Crippen LogP contribution in [0.1, 0.15) is 11.7 Å². The first-order valence-electron chi connectivity index (χ1n) is 4.07. The lowest BCUT2D eigenvalue weighted by Crippen LogP contribution is -2.07. The zero-order chi connectivity index (χ0) is 11.4. The monoisotopic (exact) mass is 222 g/mol. The fourth-order valence-electron chi connectivity index (χ4n) is 1.05. The first-order chi connectivity index (χ1) is 7.04. The Kier molecular flexibility index (Phi) is 3.93. The normalized spacial score (nSPS) is 12.9. The maximum atomic E-state index is 13.1. The van der Waals surface area contributed by atoms with Crippen LogP contribution in [0.5, 0.6) is 5.75 Å². The van der Waals surface area contributed by atoms with Crippen LogP contribution < -0.4 is 4.74 Å². The summed E-state index contributed by atoms with van der Waals surface area (Å²) in [7, 11) is 0. The molecule has 0 fully saturated rings. The average Bonchev–Trinajstić information content (AvgIpc) is 2.16. The van der Waals surface area contributed by atoms with Gasteiger partial charge in [-0.05, 0) is 12.1 Å². The van der Waals surface area contributed by atoms with Crippen molar-refractivity contribution in [1.82, 2.24) is 0 Å². The van der Waals surface area contributed by atoms with Crippen LogP contribution in [-0.2, 0) is 0 Å². The predicted octanol–water partition coefficient (Wildman–Crippen LogP) is 1.45. The van der Waals surface area contributed by atoms with Crippen molar-refractivity contribution in [3.05, 3.63) is 29.6 Å². The molecule has 84 valence electrons. The molecule has 0 saturated heterocycles. The SMILES string of the molecule is OCC(O)c1ccc(OC(F)F)cc1F. The first-order valence-corrected chi connectivity index (χ1v) is 4.07. The Morgan fingerprint density at radius 2 is 2.00 bits per heavy atom. The van der Waals surface area contributed by atoms with Crippen molar-refractivity contribution in [2.45, 2.75) is 12.7 Å². The van der Waals surface area contributed by atoms with Crippen molar-refractivity contribution >= 4 is 0 Å². The number of aliphatic hydroxyl groups excluding tert-OH is 2. The molecule has 0 heterocycles. The molecule has 0 aromatic heterocycles. The van der Waals surface area contributed by atoms with Gasteiger partial charge in [-0.15, -0.1) is 0 Å². The average molecular weight is 222 g/mol. The van der Waals surface area contributed by atoms with Gasteiger partial charge in [-0.1, -0.05) is 0 Å². The van der Waals surface area contributed by atoms with Crippen LogP contribution in [0.15, 0.2) is 18.2 Å². The van der Waals surface area contributed by atoms with E-state index in [1.807, 2.05) is 0 Å². The molecule has 3 nitrogen and oxygen atoms in total. The van der Waals surface area contributed by atoms with Gasteiger partial charge >= 0.3 is 6.61 Å². The summed E-state index contributed by atoms with van der Waals surface area (Å²) in [5.41, 5.74) is -0.167. The van der Waals surface area contributed by atoms with E-state index >= 15 is 0 Å². The van der Waals surface area contributed by atoms with Gasteiger partial charge in [-0.3, -0.25) is 0 Å². The van der Waals surface area contributed by atoms with E-state index in [9.17, 15) is 13.2 Å². The minimum absolute atomic E-state index is 0.167. The molecular formula is C9H9F3O3. The van der Waals surface area contributed by atoms with E-state index in [0.29, 0.717) is 0 Å². The van der Waals surface area contributed by atoms with Crippen LogP contribution in [0.2, 0.25) is 0 Å². The highest BCUT2D eigenvalue weighted by molar-refractivity contribution is 5.30. The van der Waals surface area contributed by atoms with Gasteiger partial charge in [0.1, 0.15) is 17.7 Å². The number of ether oxygens (including phenoxy) is 1. The number of hydrogen-bond acceptors (Lipinski definition) is 3. The van der Waals surface area contributed by atoms with Crippen molar-refractivity contribution in [3.63, 3.8) is 0 Å². The van der Waals surface area contributed by atoms with Crippen LogP contribution in [0.25, 0.3) is 0 Å². The molecule has 0 saturated carbocycles. The second kappa shape index (κ2) is 4.99. The van der Waals surface area contributed by atoms with E-state index in [1.165, 1.54) is 0 Å². The summed E-state index contributed by atoms with van der Waals surface area (Å²) < 4.78 is 40.6. The second-order valence-electron chi connectivity index (χ2n) is 2.76. The Labute approximate surface area is 83.7 Å². The molecule has 0 spiro atoms. The van der Waals surface area contributed by atoms with Crippen molar-refractivity contribution in [1.29, 1.82) is 0 Å². The zero-order valence-corrected chi connectivity index (χ0v) is 7.53. The standard InChI is InChI=1S/C9H9F3O3/c10-7-3-5(15-9(11)12)1-2-6(7)8(14)4-13/h1-3,8-9,13-14H,4H2. The summed E-state index contributed by atoms with van der Waals surface area (Å²) in [6.07, 6.45) is -1.37. The summed E-state index contributed by atoms with van der Waals surface area (Å²) in [5.74, 6) is -1.24. The van der Waals surface area contributed by atoms with Crippen LogP contribution in [-0.4, -0.2) is 23.4 Å². The van der Waals surface area contributed by atoms with E-state index < -0.39 is 25.1 Å². The highest BCUT2D eigenvalue weighted by Gasteiger charge is 2.13. The van der Waals surface area contributed by atoms with Gasteiger partial charge in [0.15, 0.2) is 0 Å². The molecule has 1 aromatic carbocycles.